The van der Waals surface area contributed by atoms with Crippen LogP contribution in [0, 0.1) is 13.8 Å². The lowest BCUT2D eigenvalue weighted by Crippen LogP contribution is -2.18. The summed E-state index contributed by atoms with van der Waals surface area (Å²) in [5.74, 6) is -0.771. The predicted octanol–water partition coefficient (Wildman–Crippen LogP) is 2.87. The van der Waals surface area contributed by atoms with E-state index in [0.29, 0.717) is 16.9 Å². The van der Waals surface area contributed by atoms with Gasteiger partial charge in [0.2, 0.25) is 15.9 Å². The number of hydrogen-bond donors (Lipinski definition) is 2. The van der Waals surface area contributed by atoms with E-state index in [9.17, 15) is 21.6 Å². The van der Waals surface area contributed by atoms with Crippen LogP contribution in [0.1, 0.15) is 24.5 Å². The molecule has 2 N–H and O–H groups in total. The summed E-state index contributed by atoms with van der Waals surface area (Å²) >= 11 is 0. The second kappa shape index (κ2) is 8.74. The van der Waals surface area contributed by atoms with Crippen molar-refractivity contribution >= 4 is 37.1 Å². The topological polar surface area (TPSA) is 109 Å². The molecule has 0 bridgehead atoms. The number of rotatable bonds is 8. The number of benzene rings is 2. The quantitative estimate of drug-likeness (QED) is 0.677. The van der Waals surface area contributed by atoms with Crippen molar-refractivity contribution in [1.82, 2.24) is 0 Å². The maximum atomic E-state index is 12.3. The van der Waals surface area contributed by atoms with Gasteiger partial charge in [-0.1, -0.05) is 17.7 Å². The van der Waals surface area contributed by atoms with Crippen LogP contribution >= 0.6 is 0 Å². The molecule has 0 saturated carbocycles. The molecule has 2 rings (SSSR count). The average molecular weight is 425 g/mol. The highest BCUT2D eigenvalue weighted by molar-refractivity contribution is 7.92. The minimum atomic E-state index is -3.54. The van der Waals surface area contributed by atoms with Gasteiger partial charge in [-0.3, -0.25) is 9.52 Å². The molecule has 0 atom stereocenters. The van der Waals surface area contributed by atoms with E-state index in [4.69, 9.17) is 0 Å². The number of carbonyl (C=O) groups excluding carboxylic acids is 1. The molecular weight excluding hydrogens is 400 g/mol. The van der Waals surface area contributed by atoms with Gasteiger partial charge in [-0.15, -0.1) is 0 Å². The van der Waals surface area contributed by atoms with Crippen LogP contribution in [-0.4, -0.2) is 34.2 Å². The fourth-order valence-electron chi connectivity index (χ4n) is 2.41. The van der Waals surface area contributed by atoms with Crippen LogP contribution in [0.5, 0.6) is 0 Å². The maximum Gasteiger partial charge on any atom is 0.232 e. The van der Waals surface area contributed by atoms with Crippen LogP contribution < -0.4 is 10.0 Å². The van der Waals surface area contributed by atoms with Crippen molar-refractivity contribution in [1.29, 1.82) is 0 Å². The molecule has 0 aliphatic rings. The lowest BCUT2D eigenvalue weighted by Gasteiger charge is -2.12. The Labute approximate surface area is 166 Å². The largest absolute Gasteiger partial charge is 0.326 e. The van der Waals surface area contributed by atoms with E-state index in [1.807, 2.05) is 6.92 Å². The Hall–Kier alpha value is -2.39. The van der Waals surface area contributed by atoms with Crippen molar-refractivity contribution in [2.75, 3.05) is 21.5 Å². The molecule has 0 radical (unpaired) electrons. The molecule has 0 fully saturated rings. The summed E-state index contributed by atoms with van der Waals surface area (Å²) in [6, 6.07) is 11.2. The highest BCUT2D eigenvalue weighted by Gasteiger charge is 2.17. The molecule has 0 aliphatic heterocycles. The Morgan fingerprint density at radius 2 is 1.61 bits per heavy atom. The Balaban J connectivity index is 1.99. The first kappa shape index (κ1) is 21.9. The van der Waals surface area contributed by atoms with Gasteiger partial charge in [0.05, 0.1) is 22.1 Å². The predicted molar refractivity (Wildman–Crippen MR) is 111 cm³/mol. The fraction of sp³-hybridized carbons (Fsp3) is 0.316. The molecular formula is C19H24N2O5S2. The summed E-state index contributed by atoms with van der Waals surface area (Å²) < 4.78 is 50.4. The van der Waals surface area contributed by atoms with Crippen molar-refractivity contribution in [3.8, 4) is 0 Å². The monoisotopic (exact) mass is 424 g/mol. The summed E-state index contributed by atoms with van der Waals surface area (Å²) in [4.78, 5) is 12.3. The number of hydrogen-bond acceptors (Lipinski definition) is 5. The van der Waals surface area contributed by atoms with E-state index in [1.54, 1.807) is 37.3 Å². The van der Waals surface area contributed by atoms with Crippen LogP contribution in [0.2, 0.25) is 0 Å². The summed E-state index contributed by atoms with van der Waals surface area (Å²) in [6.07, 6.45) is -0.181. The van der Waals surface area contributed by atoms with Crippen molar-refractivity contribution < 1.29 is 21.6 Å². The molecule has 2 aromatic rings. The van der Waals surface area contributed by atoms with Gasteiger partial charge in [-0.25, -0.2) is 16.8 Å². The van der Waals surface area contributed by atoms with Crippen molar-refractivity contribution in [2.24, 2.45) is 0 Å². The Bertz CT molecular complexity index is 1060. The number of sulfonamides is 1. The van der Waals surface area contributed by atoms with Gasteiger partial charge in [0, 0.05) is 12.1 Å². The zero-order valence-electron chi connectivity index (χ0n) is 16.0. The Morgan fingerprint density at radius 3 is 2.18 bits per heavy atom. The molecule has 0 aliphatic carbocycles. The van der Waals surface area contributed by atoms with E-state index < -0.39 is 25.8 Å². The molecule has 2 aromatic carbocycles. The van der Waals surface area contributed by atoms with E-state index in [-0.39, 0.29) is 22.8 Å². The summed E-state index contributed by atoms with van der Waals surface area (Å²) in [5.41, 5.74) is 2.50. The highest BCUT2D eigenvalue weighted by Crippen LogP contribution is 2.21. The number of carbonyl (C=O) groups is 1. The van der Waals surface area contributed by atoms with Crippen LogP contribution in [-0.2, 0) is 24.7 Å². The van der Waals surface area contributed by atoms with Crippen molar-refractivity contribution in [2.45, 2.75) is 32.1 Å². The van der Waals surface area contributed by atoms with Crippen molar-refractivity contribution in [3.05, 3.63) is 53.6 Å². The number of amides is 1. The minimum absolute atomic E-state index is 0.0413. The Morgan fingerprint density at radius 1 is 0.964 bits per heavy atom. The zero-order chi connectivity index (χ0) is 20.9. The molecule has 0 heterocycles. The van der Waals surface area contributed by atoms with Crippen LogP contribution in [0.3, 0.4) is 0 Å². The maximum absolute atomic E-state index is 12.3. The lowest BCUT2D eigenvalue weighted by molar-refractivity contribution is -0.115. The van der Waals surface area contributed by atoms with Gasteiger partial charge in [-0.05, 0) is 56.7 Å². The third-order valence-electron chi connectivity index (χ3n) is 4.13. The first-order valence-electron chi connectivity index (χ1n) is 8.73. The smallest absolute Gasteiger partial charge is 0.232 e. The van der Waals surface area contributed by atoms with E-state index in [2.05, 4.69) is 10.0 Å². The average Bonchev–Trinajstić information content (AvgIpc) is 2.63. The second-order valence-electron chi connectivity index (χ2n) is 6.47. The number of nitrogens with one attached hydrogen (secondary N) is 2. The molecule has 7 nitrogen and oxygen atoms in total. The normalized spacial score (nSPS) is 11.8. The van der Waals surface area contributed by atoms with Crippen LogP contribution in [0.15, 0.2) is 47.4 Å². The van der Waals surface area contributed by atoms with Gasteiger partial charge >= 0.3 is 0 Å². The summed E-state index contributed by atoms with van der Waals surface area (Å²) in [5, 5.41) is 2.64. The number of anilines is 2. The molecule has 152 valence electrons. The van der Waals surface area contributed by atoms with E-state index in [1.165, 1.54) is 19.1 Å². The lowest BCUT2D eigenvalue weighted by atomic mass is 10.2. The summed E-state index contributed by atoms with van der Waals surface area (Å²) in [6.45, 7) is 5.12. The van der Waals surface area contributed by atoms with Gasteiger partial charge in [-0.2, -0.15) is 0 Å². The number of sulfone groups is 1. The van der Waals surface area contributed by atoms with Crippen molar-refractivity contribution in [3.63, 3.8) is 0 Å². The molecule has 0 unspecified atom stereocenters. The fourth-order valence-corrected chi connectivity index (χ4v) is 4.36. The highest BCUT2D eigenvalue weighted by atomic mass is 32.2. The number of aryl methyl sites for hydroxylation is 2. The molecule has 0 spiro atoms. The van der Waals surface area contributed by atoms with Gasteiger partial charge in [0.15, 0.2) is 9.84 Å². The first-order valence-corrected chi connectivity index (χ1v) is 12.0. The third-order valence-corrected chi connectivity index (χ3v) is 7.16. The van der Waals surface area contributed by atoms with Gasteiger partial charge < -0.3 is 5.32 Å². The van der Waals surface area contributed by atoms with Gasteiger partial charge in [0.25, 0.3) is 0 Å². The van der Waals surface area contributed by atoms with Crippen LogP contribution in [0.25, 0.3) is 0 Å². The zero-order valence-corrected chi connectivity index (χ0v) is 17.7. The van der Waals surface area contributed by atoms with Gasteiger partial charge in [0.1, 0.15) is 0 Å². The first-order chi connectivity index (χ1) is 13.0. The summed E-state index contributed by atoms with van der Waals surface area (Å²) in [7, 11) is -6.93. The third kappa shape index (κ3) is 6.07. The molecule has 1 amide bonds. The SMILES string of the molecule is CCS(=O)(=O)Nc1ccc(NC(=O)CCS(=O)(=O)c2ccc(C)cc2)cc1C. The standard InChI is InChI=1S/C19H24N2O5S2/c1-4-28(25,26)21-18-10-7-16(13-15(18)3)20-19(22)11-12-27(23,24)17-8-5-14(2)6-9-17/h5-10,13,21H,4,11-12H2,1-3H3,(H,20,22). The second-order valence-corrected chi connectivity index (χ2v) is 10.6. The molecule has 0 aromatic heterocycles. The molecule has 28 heavy (non-hydrogen) atoms. The molecule has 9 heteroatoms. The van der Waals surface area contributed by atoms with E-state index in [0.717, 1.165) is 5.56 Å². The van der Waals surface area contributed by atoms with Crippen LogP contribution in [0.4, 0.5) is 11.4 Å². The van der Waals surface area contributed by atoms with E-state index >= 15 is 0 Å². The minimum Gasteiger partial charge on any atom is -0.326 e. The molecule has 0 saturated heterocycles. The Kier molecular flexibility index (Phi) is 6.84.